The van der Waals surface area contributed by atoms with Gasteiger partial charge in [0, 0.05) is 32.8 Å². The van der Waals surface area contributed by atoms with Gasteiger partial charge in [-0.1, -0.05) is 0 Å². The first-order valence-corrected chi connectivity index (χ1v) is 7.40. The summed E-state index contributed by atoms with van der Waals surface area (Å²) in [6.45, 7) is 9.47. The quantitative estimate of drug-likeness (QED) is 0.822. The number of likely N-dealkylation sites (tertiary alicyclic amines) is 1. The van der Waals surface area contributed by atoms with Crippen molar-refractivity contribution in [1.29, 1.82) is 0 Å². The van der Waals surface area contributed by atoms with Gasteiger partial charge in [0.2, 0.25) is 0 Å². The lowest BCUT2D eigenvalue weighted by atomic mass is 10.1. The van der Waals surface area contributed by atoms with E-state index < -0.39 is 0 Å². The Balaban J connectivity index is 1.59. The maximum absolute atomic E-state index is 5.67. The van der Waals surface area contributed by atoms with Gasteiger partial charge in [-0.05, 0) is 38.8 Å². The molecule has 1 aromatic heterocycles. The molecule has 1 fully saturated rings. The van der Waals surface area contributed by atoms with Crippen LogP contribution in [0.3, 0.4) is 0 Å². The third-order valence-corrected chi connectivity index (χ3v) is 3.79. The maximum atomic E-state index is 5.67. The molecular formula is C15H26N2O2. The van der Waals surface area contributed by atoms with Gasteiger partial charge in [-0.3, -0.25) is 0 Å². The van der Waals surface area contributed by atoms with Gasteiger partial charge in [-0.2, -0.15) is 0 Å². The van der Waals surface area contributed by atoms with Crippen molar-refractivity contribution in [2.75, 3.05) is 32.8 Å². The lowest BCUT2D eigenvalue weighted by Gasteiger charge is -2.31. The molecule has 1 atom stereocenters. The van der Waals surface area contributed by atoms with Crippen molar-refractivity contribution in [2.45, 2.75) is 38.8 Å². The van der Waals surface area contributed by atoms with Crippen molar-refractivity contribution < 1.29 is 9.15 Å². The van der Waals surface area contributed by atoms with Crippen molar-refractivity contribution in [3.8, 4) is 0 Å². The van der Waals surface area contributed by atoms with Gasteiger partial charge in [0.1, 0.15) is 5.76 Å². The highest BCUT2D eigenvalue weighted by Crippen LogP contribution is 2.14. The summed E-state index contributed by atoms with van der Waals surface area (Å²) in [5.74, 6) is 1.01. The molecule has 0 bridgehead atoms. The van der Waals surface area contributed by atoms with Gasteiger partial charge in [-0.25, -0.2) is 0 Å². The lowest BCUT2D eigenvalue weighted by Crippen LogP contribution is -2.40. The Kier molecular flexibility index (Phi) is 5.89. The molecule has 0 spiro atoms. The van der Waals surface area contributed by atoms with Crippen LogP contribution in [0.4, 0.5) is 0 Å². The van der Waals surface area contributed by atoms with Crippen LogP contribution >= 0.6 is 0 Å². The van der Waals surface area contributed by atoms with Crippen LogP contribution in [-0.2, 0) is 4.74 Å². The van der Waals surface area contributed by atoms with Gasteiger partial charge in [0.25, 0.3) is 0 Å². The van der Waals surface area contributed by atoms with E-state index in [2.05, 4.69) is 24.1 Å². The summed E-state index contributed by atoms with van der Waals surface area (Å²) in [4.78, 5) is 2.51. The van der Waals surface area contributed by atoms with E-state index in [-0.39, 0.29) is 6.04 Å². The second-order valence-corrected chi connectivity index (χ2v) is 5.19. The van der Waals surface area contributed by atoms with Crippen LogP contribution < -0.4 is 5.32 Å². The minimum atomic E-state index is 0.288. The van der Waals surface area contributed by atoms with Crippen molar-refractivity contribution >= 4 is 0 Å². The first-order chi connectivity index (χ1) is 9.29. The van der Waals surface area contributed by atoms with Gasteiger partial charge < -0.3 is 19.4 Å². The third-order valence-electron chi connectivity index (χ3n) is 3.79. The number of ether oxygens (including phenoxy) is 1. The summed E-state index contributed by atoms with van der Waals surface area (Å²) in [6.07, 6.45) is 4.55. The highest BCUT2D eigenvalue weighted by Gasteiger charge is 2.18. The molecule has 1 N–H and O–H groups in total. The highest BCUT2D eigenvalue weighted by molar-refractivity contribution is 5.02. The van der Waals surface area contributed by atoms with Gasteiger partial charge in [0.05, 0.1) is 18.4 Å². The molecule has 1 aliphatic heterocycles. The molecule has 1 saturated heterocycles. The predicted octanol–water partition coefficient (Wildman–Crippen LogP) is 2.43. The Morgan fingerprint density at radius 1 is 1.47 bits per heavy atom. The van der Waals surface area contributed by atoms with Crippen LogP contribution in [0.2, 0.25) is 0 Å². The van der Waals surface area contributed by atoms with Crippen LogP contribution in [0, 0.1) is 0 Å². The summed E-state index contributed by atoms with van der Waals surface area (Å²) in [5, 5.41) is 3.50. The van der Waals surface area contributed by atoms with E-state index in [1.54, 1.807) is 6.26 Å². The SMILES string of the molecule is CCOC1CCN(CCNC(C)c2ccco2)CC1. The standard InChI is InChI=1S/C15H26N2O2/c1-3-18-14-6-9-17(10-7-14)11-8-16-13(2)15-5-4-12-19-15/h4-5,12-14,16H,3,6-11H2,1-2H3. The summed E-state index contributed by atoms with van der Waals surface area (Å²) < 4.78 is 11.1. The van der Waals surface area contributed by atoms with Gasteiger partial charge in [0.15, 0.2) is 0 Å². The molecule has 0 radical (unpaired) electrons. The Morgan fingerprint density at radius 2 is 2.26 bits per heavy atom. The molecule has 0 amide bonds. The molecule has 0 aliphatic carbocycles. The first-order valence-electron chi connectivity index (χ1n) is 7.40. The number of piperidine rings is 1. The van der Waals surface area contributed by atoms with Crippen LogP contribution in [-0.4, -0.2) is 43.8 Å². The first kappa shape index (κ1) is 14.6. The van der Waals surface area contributed by atoms with E-state index in [0.717, 1.165) is 38.5 Å². The molecule has 4 nitrogen and oxygen atoms in total. The van der Waals surface area contributed by atoms with Crippen LogP contribution in [0.15, 0.2) is 22.8 Å². The molecule has 2 rings (SSSR count). The molecule has 19 heavy (non-hydrogen) atoms. The van der Waals surface area contributed by atoms with Gasteiger partial charge >= 0.3 is 0 Å². The molecule has 4 heteroatoms. The van der Waals surface area contributed by atoms with E-state index in [0.29, 0.717) is 6.10 Å². The van der Waals surface area contributed by atoms with Crippen LogP contribution in [0.1, 0.15) is 38.5 Å². The fourth-order valence-electron chi connectivity index (χ4n) is 2.61. The molecule has 2 heterocycles. The van der Waals surface area contributed by atoms with E-state index in [1.165, 1.54) is 12.8 Å². The minimum Gasteiger partial charge on any atom is -0.468 e. The van der Waals surface area contributed by atoms with E-state index in [9.17, 15) is 0 Å². The Hall–Kier alpha value is -0.840. The van der Waals surface area contributed by atoms with E-state index >= 15 is 0 Å². The van der Waals surface area contributed by atoms with Crippen LogP contribution in [0.25, 0.3) is 0 Å². The smallest absolute Gasteiger partial charge is 0.120 e. The zero-order valence-corrected chi connectivity index (χ0v) is 12.1. The summed E-state index contributed by atoms with van der Waals surface area (Å²) in [6, 6.07) is 4.24. The average molecular weight is 266 g/mol. The second-order valence-electron chi connectivity index (χ2n) is 5.19. The monoisotopic (exact) mass is 266 g/mol. The fourth-order valence-corrected chi connectivity index (χ4v) is 2.61. The summed E-state index contributed by atoms with van der Waals surface area (Å²) in [7, 11) is 0. The fraction of sp³-hybridized carbons (Fsp3) is 0.733. The largest absolute Gasteiger partial charge is 0.468 e. The second kappa shape index (κ2) is 7.68. The van der Waals surface area contributed by atoms with E-state index in [1.807, 2.05) is 12.1 Å². The Morgan fingerprint density at radius 3 is 2.89 bits per heavy atom. The molecule has 1 aromatic rings. The maximum Gasteiger partial charge on any atom is 0.120 e. The van der Waals surface area contributed by atoms with E-state index in [4.69, 9.17) is 9.15 Å². The van der Waals surface area contributed by atoms with Crippen molar-refractivity contribution in [3.05, 3.63) is 24.2 Å². The van der Waals surface area contributed by atoms with Crippen molar-refractivity contribution in [1.82, 2.24) is 10.2 Å². The Labute approximate surface area is 116 Å². The topological polar surface area (TPSA) is 37.6 Å². The Bertz CT molecular complexity index is 332. The molecule has 1 aliphatic rings. The minimum absolute atomic E-state index is 0.288. The zero-order chi connectivity index (χ0) is 13.5. The molecular weight excluding hydrogens is 240 g/mol. The summed E-state index contributed by atoms with van der Waals surface area (Å²) >= 11 is 0. The number of rotatable bonds is 7. The number of nitrogens with one attached hydrogen (secondary N) is 1. The summed E-state index contributed by atoms with van der Waals surface area (Å²) in [5.41, 5.74) is 0. The average Bonchev–Trinajstić information content (AvgIpc) is 2.95. The van der Waals surface area contributed by atoms with Crippen molar-refractivity contribution in [3.63, 3.8) is 0 Å². The molecule has 1 unspecified atom stereocenters. The third kappa shape index (κ3) is 4.64. The normalized spacial score (nSPS) is 19.7. The van der Waals surface area contributed by atoms with Gasteiger partial charge in [-0.15, -0.1) is 0 Å². The highest BCUT2D eigenvalue weighted by atomic mass is 16.5. The molecule has 108 valence electrons. The lowest BCUT2D eigenvalue weighted by molar-refractivity contribution is 0.0144. The predicted molar refractivity (Wildman–Crippen MR) is 76.2 cm³/mol. The number of hydrogen-bond acceptors (Lipinski definition) is 4. The van der Waals surface area contributed by atoms with Crippen LogP contribution in [0.5, 0.6) is 0 Å². The molecule has 0 saturated carbocycles. The van der Waals surface area contributed by atoms with Crippen molar-refractivity contribution in [2.24, 2.45) is 0 Å². The number of hydrogen-bond donors (Lipinski definition) is 1. The molecule has 0 aromatic carbocycles. The number of furan rings is 1. The number of nitrogens with zero attached hydrogens (tertiary/aromatic N) is 1. The zero-order valence-electron chi connectivity index (χ0n) is 12.1.